The SMILES string of the molecule is Fc1ccc(Oc2ccnc(NCc3cccc(Cn4cccn4)c3)n2)cc1. The Kier molecular flexibility index (Phi) is 5.24. The Morgan fingerprint density at radius 1 is 0.964 bits per heavy atom. The van der Waals surface area contributed by atoms with Crippen molar-refractivity contribution >= 4 is 5.95 Å². The molecule has 0 amide bonds. The topological polar surface area (TPSA) is 64.9 Å². The van der Waals surface area contributed by atoms with E-state index in [1.165, 1.54) is 12.1 Å². The van der Waals surface area contributed by atoms with E-state index in [-0.39, 0.29) is 5.82 Å². The van der Waals surface area contributed by atoms with Crippen molar-refractivity contribution in [2.24, 2.45) is 0 Å². The van der Waals surface area contributed by atoms with Crippen molar-refractivity contribution in [1.82, 2.24) is 19.7 Å². The van der Waals surface area contributed by atoms with Crippen LogP contribution in [0.4, 0.5) is 10.3 Å². The van der Waals surface area contributed by atoms with Crippen LogP contribution < -0.4 is 10.1 Å². The van der Waals surface area contributed by atoms with Gasteiger partial charge in [-0.25, -0.2) is 9.37 Å². The lowest BCUT2D eigenvalue weighted by Gasteiger charge is -2.09. The molecule has 0 fully saturated rings. The molecule has 2 aromatic carbocycles. The van der Waals surface area contributed by atoms with Crippen molar-refractivity contribution in [3.05, 3.63) is 96.2 Å². The van der Waals surface area contributed by atoms with Gasteiger partial charge in [-0.3, -0.25) is 4.68 Å². The van der Waals surface area contributed by atoms with Crippen LogP contribution in [0, 0.1) is 5.82 Å². The summed E-state index contributed by atoms with van der Waals surface area (Å²) in [6.07, 6.45) is 5.32. The minimum Gasteiger partial charge on any atom is -0.439 e. The minimum atomic E-state index is -0.313. The molecule has 0 saturated carbocycles. The molecule has 28 heavy (non-hydrogen) atoms. The van der Waals surface area contributed by atoms with Gasteiger partial charge in [0.05, 0.1) is 6.54 Å². The second-order valence-electron chi connectivity index (χ2n) is 6.15. The molecular formula is C21H18FN5O. The van der Waals surface area contributed by atoms with Gasteiger partial charge >= 0.3 is 0 Å². The van der Waals surface area contributed by atoms with E-state index >= 15 is 0 Å². The van der Waals surface area contributed by atoms with Gasteiger partial charge in [0, 0.05) is 31.2 Å². The maximum atomic E-state index is 13.0. The van der Waals surface area contributed by atoms with E-state index < -0.39 is 0 Å². The first kappa shape index (κ1) is 17.7. The zero-order valence-electron chi connectivity index (χ0n) is 15.0. The number of hydrogen-bond donors (Lipinski definition) is 1. The number of ether oxygens (including phenoxy) is 1. The van der Waals surface area contributed by atoms with Crippen LogP contribution in [0.1, 0.15) is 11.1 Å². The number of nitrogens with zero attached hydrogens (tertiary/aromatic N) is 4. The lowest BCUT2D eigenvalue weighted by atomic mass is 10.1. The van der Waals surface area contributed by atoms with Crippen LogP contribution in [0.3, 0.4) is 0 Å². The minimum absolute atomic E-state index is 0.313. The van der Waals surface area contributed by atoms with Crippen molar-refractivity contribution in [1.29, 1.82) is 0 Å². The molecule has 2 aromatic heterocycles. The summed E-state index contributed by atoms with van der Waals surface area (Å²) < 4.78 is 20.5. The maximum Gasteiger partial charge on any atom is 0.226 e. The van der Waals surface area contributed by atoms with Gasteiger partial charge in [-0.05, 0) is 41.5 Å². The maximum absolute atomic E-state index is 13.0. The number of halogens is 1. The summed E-state index contributed by atoms with van der Waals surface area (Å²) in [5, 5.41) is 7.43. The van der Waals surface area contributed by atoms with Gasteiger partial charge in [0.1, 0.15) is 11.6 Å². The molecule has 140 valence electrons. The molecule has 7 heteroatoms. The largest absolute Gasteiger partial charge is 0.439 e. The van der Waals surface area contributed by atoms with Crippen LogP contribution >= 0.6 is 0 Å². The first-order valence-electron chi connectivity index (χ1n) is 8.80. The molecule has 4 aromatic rings. The van der Waals surface area contributed by atoms with Crippen molar-refractivity contribution < 1.29 is 9.13 Å². The Labute approximate surface area is 161 Å². The highest BCUT2D eigenvalue weighted by atomic mass is 19.1. The van der Waals surface area contributed by atoms with E-state index in [1.54, 1.807) is 30.6 Å². The van der Waals surface area contributed by atoms with E-state index in [2.05, 4.69) is 32.5 Å². The fraction of sp³-hybridized carbons (Fsp3) is 0.0952. The molecule has 0 saturated heterocycles. The highest BCUT2D eigenvalue weighted by molar-refractivity contribution is 5.33. The zero-order chi connectivity index (χ0) is 19.2. The summed E-state index contributed by atoms with van der Waals surface area (Å²) in [6, 6.07) is 17.6. The van der Waals surface area contributed by atoms with Crippen LogP contribution in [0.25, 0.3) is 0 Å². The third-order valence-corrected chi connectivity index (χ3v) is 4.01. The number of benzene rings is 2. The van der Waals surface area contributed by atoms with Crippen LogP contribution in [0.5, 0.6) is 11.6 Å². The summed E-state index contributed by atoms with van der Waals surface area (Å²) in [5.41, 5.74) is 2.27. The first-order chi connectivity index (χ1) is 13.7. The van der Waals surface area contributed by atoms with Crippen molar-refractivity contribution in [2.45, 2.75) is 13.1 Å². The molecule has 0 aliphatic heterocycles. The molecule has 0 atom stereocenters. The average Bonchev–Trinajstić information content (AvgIpc) is 3.22. The molecule has 6 nitrogen and oxygen atoms in total. The number of hydrogen-bond acceptors (Lipinski definition) is 5. The van der Waals surface area contributed by atoms with E-state index in [1.807, 2.05) is 29.1 Å². The van der Waals surface area contributed by atoms with Gasteiger partial charge < -0.3 is 10.1 Å². The van der Waals surface area contributed by atoms with Gasteiger partial charge in [0.2, 0.25) is 11.8 Å². The number of anilines is 1. The molecule has 1 N–H and O–H groups in total. The Balaban J connectivity index is 1.39. The van der Waals surface area contributed by atoms with Crippen LogP contribution in [-0.2, 0) is 13.1 Å². The van der Waals surface area contributed by atoms with Gasteiger partial charge in [-0.15, -0.1) is 0 Å². The van der Waals surface area contributed by atoms with Crippen molar-refractivity contribution in [2.75, 3.05) is 5.32 Å². The molecule has 0 bridgehead atoms. The van der Waals surface area contributed by atoms with Crippen LogP contribution in [0.2, 0.25) is 0 Å². The monoisotopic (exact) mass is 375 g/mol. The summed E-state index contributed by atoms with van der Waals surface area (Å²) in [7, 11) is 0. The van der Waals surface area contributed by atoms with Crippen molar-refractivity contribution in [3.8, 4) is 11.6 Å². The zero-order valence-corrected chi connectivity index (χ0v) is 15.0. The van der Waals surface area contributed by atoms with Gasteiger partial charge in [0.25, 0.3) is 0 Å². The van der Waals surface area contributed by atoms with Crippen molar-refractivity contribution in [3.63, 3.8) is 0 Å². The standard InChI is InChI=1S/C21H18FN5O/c22-18-5-7-19(8-6-18)28-20-9-11-23-21(26-20)24-14-16-3-1-4-17(13-16)15-27-12-2-10-25-27/h1-13H,14-15H2,(H,23,24,26). The molecule has 0 spiro atoms. The second-order valence-corrected chi connectivity index (χ2v) is 6.15. The summed E-state index contributed by atoms with van der Waals surface area (Å²) in [4.78, 5) is 8.55. The van der Waals surface area contributed by atoms with E-state index in [0.29, 0.717) is 24.1 Å². The lowest BCUT2D eigenvalue weighted by Crippen LogP contribution is -2.05. The number of rotatable bonds is 7. The molecule has 4 rings (SSSR count). The number of aromatic nitrogens is 4. The molecule has 0 aliphatic rings. The fourth-order valence-electron chi connectivity index (χ4n) is 2.71. The number of nitrogens with one attached hydrogen (secondary N) is 1. The molecule has 0 unspecified atom stereocenters. The normalized spacial score (nSPS) is 10.6. The summed E-state index contributed by atoms with van der Waals surface area (Å²) in [6.45, 7) is 1.30. The highest BCUT2D eigenvalue weighted by Crippen LogP contribution is 2.20. The van der Waals surface area contributed by atoms with E-state index in [4.69, 9.17) is 4.74 Å². The Morgan fingerprint density at radius 2 is 1.82 bits per heavy atom. The molecule has 2 heterocycles. The van der Waals surface area contributed by atoms with E-state index in [0.717, 1.165) is 17.7 Å². The molecule has 0 radical (unpaired) electrons. The Hall–Kier alpha value is -3.74. The van der Waals surface area contributed by atoms with Gasteiger partial charge in [0.15, 0.2) is 0 Å². The first-order valence-corrected chi connectivity index (χ1v) is 8.80. The predicted octanol–water partition coefficient (Wildman–Crippen LogP) is 4.26. The summed E-state index contributed by atoms with van der Waals surface area (Å²) >= 11 is 0. The van der Waals surface area contributed by atoms with Gasteiger partial charge in [-0.2, -0.15) is 10.1 Å². The second kappa shape index (κ2) is 8.30. The van der Waals surface area contributed by atoms with Crippen LogP contribution in [-0.4, -0.2) is 19.7 Å². The predicted molar refractivity (Wildman–Crippen MR) is 104 cm³/mol. The van der Waals surface area contributed by atoms with Crippen LogP contribution in [0.15, 0.2) is 79.3 Å². The molecule has 0 aliphatic carbocycles. The average molecular weight is 375 g/mol. The fourth-order valence-corrected chi connectivity index (χ4v) is 2.71. The third-order valence-electron chi connectivity index (χ3n) is 4.01. The smallest absolute Gasteiger partial charge is 0.226 e. The van der Waals surface area contributed by atoms with E-state index in [9.17, 15) is 4.39 Å². The lowest BCUT2D eigenvalue weighted by molar-refractivity contribution is 0.460. The quantitative estimate of drug-likeness (QED) is 0.523. The summed E-state index contributed by atoms with van der Waals surface area (Å²) in [5.74, 6) is 1.04. The highest BCUT2D eigenvalue weighted by Gasteiger charge is 2.04. The van der Waals surface area contributed by atoms with Gasteiger partial charge in [-0.1, -0.05) is 24.3 Å². The molecular weight excluding hydrogens is 357 g/mol. The third kappa shape index (κ3) is 4.70. The Morgan fingerprint density at radius 3 is 2.64 bits per heavy atom. The Bertz CT molecular complexity index is 1030.